The van der Waals surface area contributed by atoms with Crippen LogP contribution in [0.1, 0.15) is 89.0 Å². The van der Waals surface area contributed by atoms with E-state index in [0.717, 1.165) is 41.4 Å². The van der Waals surface area contributed by atoms with Crippen LogP contribution in [0.2, 0.25) is 0 Å². The minimum Gasteiger partial charge on any atom is -0.336 e. The monoisotopic (exact) mass is 581 g/mol. The average Bonchev–Trinajstić information content (AvgIpc) is 2.93. The molecule has 1 aliphatic heterocycles. The minimum atomic E-state index is -4.67. The van der Waals surface area contributed by atoms with E-state index < -0.39 is 35.2 Å². The molecule has 0 saturated heterocycles. The fraction of sp³-hybridized carbons (Fsp3) is 0.438. The van der Waals surface area contributed by atoms with Crippen molar-refractivity contribution in [3.05, 3.63) is 76.5 Å². The van der Waals surface area contributed by atoms with Crippen molar-refractivity contribution < 1.29 is 32.4 Å². The van der Waals surface area contributed by atoms with Crippen molar-refractivity contribution in [3.63, 3.8) is 0 Å². The van der Waals surface area contributed by atoms with Gasteiger partial charge in [0.05, 0.1) is 29.3 Å². The first kappa shape index (κ1) is 30.8. The zero-order valence-corrected chi connectivity index (χ0v) is 24.1. The van der Waals surface area contributed by atoms with Crippen molar-refractivity contribution >= 4 is 23.5 Å². The first-order valence-corrected chi connectivity index (χ1v) is 14.0. The van der Waals surface area contributed by atoms with Crippen molar-refractivity contribution in [1.29, 1.82) is 5.26 Å². The molecule has 2 aromatic carbocycles. The molecule has 1 fully saturated rings. The van der Waals surface area contributed by atoms with Crippen LogP contribution in [0.3, 0.4) is 0 Å². The number of carbonyl (C=O) groups excluding carboxylic acids is 3. The lowest BCUT2D eigenvalue weighted by molar-refractivity contribution is -0.185. The van der Waals surface area contributed by atoms with E-state index in [2.05, 4.69) is 0 Å². The fourth-order valence-corrected chi connectivity index (χ4v) is 5.52. The first-order chi connectivity index (χ1) is 19.7. The number of Topliss-reactive ketones (excluding diaryl/α,β-unsaturated/α-hetero) is 1. The topological polar surface area (TPSA) is 90.7 Å². The summed E-state index contributed by atoms with van der Waals surface area (Å²) in [7, 11) is 0. The zero-order chi connectivity index (χ0) is 30.8. The van der Waals surface area contributed by atoms with Crippen LogP contribution >= 0.6 is 0 Å². The lowest BCUT2D eigenvalue weighted by Crippen LogP contribution is -2.52. The molecule has 2 aliphatic rings. The van der Waals surface area contributed by atoms with Gasteiger partial charge in [0.25, 0.3) is 0 Å². The Kier molecular flexibility index (Phi) is 8.81. The number of nitriles is 1. The predicted octanol–water partition coefficient (Wildman–Crippen LogP) is 7.88. The first-order valence-electron chi connectivity index (χ1n) is 14.0. The summed E-state index contributed by atoms with van der Waals surface area (Å²) in [6, 6.07) is 10.5. The lowest BCUT2D eigenvalue weighted by atomic mass is 9.79. The molecule has 2 aromatic rings. The van der Waals surface area contributed by atoms with Gasteiger partial charge in [-0.3, -0.25) is 9.69 Å². The summed E-state index contributed by atoms with van der Waals surface area (Å²) < 4.78 is 41.0. The smallest absolute Gasteiger partial charge is 0.336 e. The second kappa shape index (κ2) is 12.0. The summed E-state index contributed by atoms with van der Waals surface area (Å²) in [5.41, 5.74) is -0.480. The van der Waals surface area contributed by atoms with Crippen molar-refractivity contribution in [3.8, 4) is 6.07 Å². The van der Waals surface area contributed by atoms with E-state index in [0.29, 0.717) is 24.0 Å². The maximum Gasteiger partial charge on any atom is 0.416 e. The third-order valence-electron chi connectivity index (χ3n) is 7.52. The minimum absolute atomic E-state index is 0.0605. The van der Waals surface area contributed by atoms with E-state index in [-0.39, 0.29) is 35.1 Å². The van der Waals surface area contributed by atoms with Crippen molar-refractivity contribution in [2.45, 2.75) is 78.4 Å². The molecule has 0 radical (unpaired) electrons. The van der Waals surface area contributed by atoms with E-state index in [1.54, 1.807) is 12.1 Å². The molecule has 10 heteroatoms. The molecule has 7 nitrogen and oxygen atoms in total. The van der Waals surface area contributed by atoms with Gasteiger partial charge in [-0.1, -0.05) is 58.2 Å². The second-order valence-corrected chi connectivity index (χ2v) is 12.0. The highest BCUT2D eigenvalue weighted by atomic mass is 19.4. The number of alkyl halides is 3. The summed E-state index contributed by atoms with van der Waals surface area (Å²) >= 11 is 0. The maximum absolute atomic E-state index is 14.2. The van der Waals surface area contributed by atoms with Gasteiger partial charge in [0.15, 0.2) is 5.78 Å². The van der Waals surface area contributed by atoms with E-state index in [1.165, 1.54) is 31.2 Å². The van der Waals surface area contributed by atoms with Crippen molar-refractivity contribution in [1.82, 2.24) is 5.06 Å². The Morgan fingerprint density at radius 3 is 2.24 bits per heavy atom. The number of hydroxylamine groups is 2. The van der Waals surface area contributed by atoms with Crippen LogP contribution in [0.25, 0.3) is 0 Å². The fourth-order valence-electron chi connectivity index (χ4n) is 5.52. The van der Waals surface area contributed by atoms with Crippen molar-refractivity contribution in [2.75, 3.05) is 4.90 Å². The maximum atomic E-state index is 14.2. The van der Waals surface area contributed by atoms with Gasteiger partial charge in [-0.2, -0.15) is 18.4 Å². The van der Waals surface area contributed by atoms with Gasteiger partial charge < -0.3 is 4.84 Å². The number of hydrogen-bond donors (Lipinski definition) is 0. The molecule has 4 rings (SSSR count). The molecule has 1 unspecified atom stereocenters. The molecule has 0 bridgehead atoms. The van der Waals surface area contributed by atoms with Crippen LogP contribution in [0, 0.1) is 22.7 Å². The number of urea groups is 1. The molecule has 1 heterocycles. The third kappa shape index (κ3) is 6.67. The number of nitrogens with zero attached hydrogens (tertiary/aromatic N) is 3. The number of rotatable bonds is 6. The molecule has 0 N–H and O–H groups in total. The molecule has 1 saturated carbocycles. The van der Waals surface area contributed by atoms with Crippen LogP contribution in [0.4, 0.5) is 23.7 Å². The average molecular weight is 582 g/mol. The Balaban J connectivity index is 1.94. The quantitative estimate of drug-likeness (QED) is 0.346. The number of halogens is 3. The van der Waals surface area contributed by atoms with Crippen LogP contribution in [0.15, 0.2) is 59.8 Å². The van der Waals surface area contributed by atoms with Gasteiger partial charge in [0.1, 0.15) is 6.04 Å². The van der Waals surface area contributed by atoms with Gasteiger partial charge >= 0.3 is 18.2 Å². The van der Waals surface area contributed by atoms with E-state index in [4.69, 9.17) is 4.84 Å². The SMILES string of the molecule is CC1=C(C(=O)C2CCCCC2)C(c2ccc(C#N)cc2)N(OC(=O)CC(C)(C)C)C(=O)N1c1cccc(C(F)(F)F)c1. The molecule has 0 spiro atoms. The molecule has 222 valence electrons. The van der Waals surface area contributed by atoms with Crippen LogP contribution < -0.4 is 4.90 Å². The Hall–Kier alpha value is -4.13. The number of hydrogen-bond acceptors (Lipinski definition) is 5. The normalized spacial score (nSPS) is 18.6. The number of benzene rings is 2. The largest absolute Gasteiger partial charge is 0.416 e. The molecule has 1 aliphatic carbocycles. The Labute approximate surface area is 243 Å². The standard InChI is InChI=1S/C32H34F3N3O4/c1-20-27(29(40)23-9-6-5-7-10-23)28(22-15-13-21(19-36)14-16-22)38(42-26(39)18-31(2,3)4)30(41)37(20)25-12-8-11-24(17-25)32(33,34)35/h8,11-17,23,28H,5-7,9-10,18H2,1-4H3. The molecule has 42 heavy (non-hydrogen) atoms. The molecular formula is C32H34F3N3O4. The van der Waals surface area contributed by atoms with Gasteiger partial charge in [0.2, 0.25) is 0 Å². The molecule has 2 amide bonds. The van der Waals surface area contributed by atoms with Gasteiger partial charge in [-0.05, 0) is 61.1 Å². The van der Waals surface area contributed by atoms with Gasteiger partial charge in [-0.25, -0.2) is 9.59 Å². The Morgan fingerprint density at radius 2 is 1.67 bits per heavy atom. The number of allylic oxidation sites excluding steroid dienone is 1. The highest BCUT2D eigenvalue weighted by Gasteiger charge is 2.46. The number of ketones is 1. The van der Waals surface area contributed by atoms with E-state index in [1.807, 2.05) is 26.8 Å². The van der Waals surface area contributed by atoms with Crippen LogP contribution in [-0.2, 0) is 20.6 Å². The van der Waals surface area contributed by atoms with Crippen molar-refractivity contribution in [2.24, 2.45) is 11.3 Å². The number of anilines is 1. The Bertz CT molecular complexity index is 1430. The highest BCUT2D eigenvalue weighted by Crippen LogP contribution is 2.43. The van der Waals surface area contributed by atoms with Gasteiger partial charge in [0, 0.05) is 17.2 Å². The molecular weight excluding hydrogens is 547 g/mol. The second-order valence-electron chi connectivity index (χ2n) is 12.0. The molecule has 1 atom stereocenters. The summed E-state index contributed by atoms with van der Waals surface area (Å²) in [6.45, 7) is 6.99. The summed E-state index contributed by atoms with van der Waals surface area (Å²) in [5.74, 6) is -1.33. The molecule has 0 aromatic heterocycles. The third-order valence-corrected chi connectivity index (χ3v) is 7.52. The summed E-state index contributed by atoms with van der Waals surface area (Å²) in [4.78, 5) is 48.2. The summed E-state index contributed by atoms with van der Waals surface area (Å²) in [6.07, 6.45) is -0.762. The highest BCUT2D eigenvalue weighted by molar-refractivity contribution is 6.06. The lowest BCUT2D eigenvalue weighted by Gasteiger charge is -2.42. The number of carbonyl (C=O) groups is 3. The van der Waals surface area contributed by atoms with Crippen LogP contribution in [0.5, 0.6) is 0 Å². The van der Waals surface area contributed by atoms with Crippen LogP contribution in [-0.4, -0.2) is 22.8 Å². The van der Waals surface area contributed by atoms with E-state index >= 15 is 0 Å². The zero-order valence-electron chi connectivity index (χ0n) is 24.1. The van der Waals surface area contributed by atoms with E-state index in [9.17, 15) is 32.8 Å². The summed E-state index contributed by atoms with van der Waals surface area (Å²) in [5, 5.41) is 10.1. The van der Waals surface area contributed by atoms with Gasteiger partial charge in [-0.15, -0.1) is 5.06 Å². The predicted molar refractivity (Wildman–Crippen MR) is 150 cm³/mol. The number of amides is 2. The Morgan fingerprint density at radius 1 is 1.02 bits per heavy atom.